The van der Waals surface area contributed by atoms with Gasteiger partial charge in [-0.25, -0.2) is 27.0 Å². The molecule has 0 fully saturated rings. The number of aryl methyl sites for hydroxylation is 2. The zero-order chi connectivity index (χ0) is 34.2. The molecular formula is C33H37F2N5O5S. The molecule has 244 valence electrons. The van der Waals surface area contributed by atoms with E-state index in [1.54, 1.807) is 46.0 Å². The maximum atomic E-state index is 14.3. The predicted molar refractivity (Wildman–Crippen MR) is 172 cm³/mol. The second-order valence-corrected chi connectivity index (χ2v) is 14.4. The molecule has 0 aliphatic heterocycles. The maximum absolute atomic E-state index is 14.3. The van der Waals surface area contributed by atoms with Crippen LogP contribution in [-0.2, 0) is 28.2 Å². The van der Waals surface area contributed by atoms with Gasteiger partial charge in [0.25, 0.3) is 0 Å². The first-order valence-electron chi connectivity index (χ1n) is 14.3. The minimum Gasteiger partial charge on any atom is -0.444 e. The van der Waals surface area contributed by atoms with Gasteiger partial charge in [0.05, 0.1) is 23.5 Å². The van der Waals surface area contributed by atoms with E-state index in [4.69, 9.17) is 9.72 Å². The number of carbonyl (C=O) groups is 1. The SMILES string of the molecule is Cc1ccc(-c2ccc(C#CC(C)(C)O)nc2[C@H](Cc2cc(F)cc(F)c2)NC(=O)OC(C)(C)C)c2c1c(NS(C)(=O)=O)nn2C. The van der Waals surface area contributed by atoms with Gasteiger partial charge in [-0.2, -0.15) is 5.10 Å². The van der Waals surface area contributed by atoms with E-state index in [1.165, 1.54) is 30.7 Å². The zero-order valence-corrected chi connectivity index (χ0v) is 27.7. The monoisotopic (exact) mass is 653 g/mol. The van der Waals surface area contributed by atoms with Gasteiger partial charge in [-0.05, 0) is 89.3 Å². The number of hydrogen-bond acceptors (Lipinski definition) is 7. The number of pyridine rings is 1. The van der Waals surface area contributed by atoms with Crippen molar-refractivity contribution in [2.45, 2.75) is 65.2 Å². The van der Waals surface area contributed by atoms with Crippen LogP contribution < -0.4 is 10.0 Å². The fraction of sp³-hybridized carbons (Fsp3) is 0.364. The van der Waals surface area contributed by atoms with Crippen molar-refractivity contribution >= 4 is 32.8 Å². The van der Waals surface area contributed by atoms with Gasteiger partial charge in [0.2, 0.25) is 10.0 Å². The van der Waals surface area contributed by atoms with Crippen molar-refractivity contribution in [2.24, 2.45) is 7.05 Å². The summed E-state index contributed by atoms with van der Waals surface area (Å²) in [7, 11) is -1.99. The first kappa shape index (κ1) is 34.3. The number of halogens is 2. The van der Waals surface area contributed by atoms with Crippen molar-refractivity contribution in [1.82, 2.24) is 20.1 Å². The van der Waals surface area contributed by atoms with Gasteiger partial charge in [0, 0.05) is 29.6 Å². The van der Waals surface area contributed by atoms with Crippen LogP contribution in [0.2, 0.25) is 0 Å². The van der Waals surface area contributed by atoms with Crippen LogP contribution >= 0.6 is 0 Å². The van der Waals surface area contributed by atoms with Gasteiger partial charge in [0.1, 0.15) is 28.5 Å². The van der Waals surface area contributed by atoms with E-state index >= 15 is 0 Å². The third kappa shape index (κ3) is 8.80. The third-order valence-corrected chi connectivity index (χ3v) is 7.14. The molecule has 0 radical (unpaired) electrons. The van der Waals surface area contributed by atoms with Crippen LogP contribution in [0.1, 0.15) is 63.2 Å². The summed E-state index contributed by atoms with van der Waals surface area (Å²) in [5.41, 5.74) is 1.02. The Hall–Kier alpha value is -4.54. The zero-order valence-electron chi connectivity index (χ0n) is 26.9. The van der Waals surface area contributed by atoms with Crippen LogP contribution in [0.15, 0.2) is 42.5 Å². The number of sulfonamides is 1. The van der Waals surface area contributed by atoms with E-state index in [2.05, 4.69) is 27.0 Å². The molecule has 2 heterocycles. The number of ether oxygens (including phenoxy) is 1. The largest absolute Gasteiger partial charge is 0.444 e. The Morgan fingerprint density at radius 1 is 1.07 bits per heavy atom. The lowest BCUT2D eigenvalue weighted by Crippen LogP contribution is -2.36. The minimum absolute atomic E-state index is 0.0857. The molecule has 4 aromatic rings. The fourth-order valence-electron chi connectivity index (χ4n) is 4.93. The Kier molecular flexibility index (Phi) is 9.47. The first-order valence-corrected chi connectivity index (χ1v) is 16.2. The fourth-order valence-corrected chi connectivity index (χ4v) is 5.42. The topological polar surface area (TPSA) is 135 Å². The van der Waals surface area contributed by atoms with E-state index in [1.807, 2.05) is 13.0 Å². The van der Waals surface area contributed by atoms with Gasteiger partial charge in [-0.1, -0.05) is 18.1 Å². The summed E-state index contributed by atoms with van der Waals surface area (Å²) < 4.78 is 62.4. The Bertz CT molecular complexity index is 1960. The van der Waals surface area contributed by atoms with Crippen molar-refractivity contribution in [3.05, 3.63) is 76.6 Å². The Morgan fingerprint density at radius 2 is 1.70 bits per heavy atom. The van der Waals surface area contributed by atoms with Crippen LogP contribution in [-0.4, -0.2) is 51.8 Å². The van der Waals surface area contributed by atoms with Crippen molar-refractivity contribution in [1.29, 1.82) is 0 Å². The number of rotatable bonds is 7. The lowest BCUT2D eigenvalue weighted by Gasteiger charge is -2.25. The van der Waals surface area contributed by atoms with Crippen LogP contribution in [0.25, 0.3) is 22.0 Å². The van der Waals surface area contributed by atoms with Crippen LogP contribution in [0.3, 0.4) is 0 Å². The Balaban J connectivity index is 2.01. The molecule has 0 unspecified atom stereocenters. The molecule has 0 saturated heterocycles. The summed E-state index contributed by atoms with van der Waals surface area (Å²) >= 11 is 0. The number of benzene rings is 2. The van der Waals surface area contributed by atoms with E-state index in [9.17, 15) is 27.1 Å². The summed E-state index contributed by atoms with van der Waals surface area (Å²) in [6, 6.07) is 9.08. The van der Waals surface area contributed by atoms with Gasteiger partial charge in [0.15, 0.2) is 5.82 Å². The van der Waals surface area contributed by atoms with E-state index in [0.717, 1.165) is 17.9 Å². The number of fused-ring (bicyclic) bond motifs is 1. The van der Waals surface area contributed by atoms with Crippen molar-refractivity contribution in [3.63, 3.8) is 0 Å². The molecule has 4 rings (SSSR count). The number of aliphatic hydroxyl groups is 1. The Morgan fingerprint density at radius 3 is 2.28 bits per heavy atom. The number of alkyl carbamates (subject to hydrolysis) is 1. The van der Waals surface area contributed by atoms with Gasteiger partial charge < -0.3 is 15.2 Å². The average molecular weight is 654 g/mol. The second-order valence-electron chi connectivity index (χ2n) is 12.6. The smallest absolute Gasteiger partial charge is 0.408 e. The summed E-state index contributed by atoms with van der Waals surface area (Å²) in [5, 5.41) is 18.0. The molecule has 46 heavy (non-hydrogen) atoms. The lowest BCUT2D eigenvalue weighted by atomic mass is 9.93. The predicted octanol–water partition coefficient (Wildman–Crippen LogP) is 5.52. The molecule has 0 aliphatic rings. The highest BCUT2D eigenvalue weighted by Crippen LogP contribution is 2.38. The normalized spacial score (nSPS) is 12.8. The highest BCUT2D eigenvalue weighted by Gasteiger charge is 2.27. The van der Waals surface area contributed by atoms with Crippen molar-refractivity contribution < 1.29 is 31.8 Å². The summed E-state index contributed by atoms with van der Waals surface area (Å²) in [5.74, 6) is 4.14. The summed E-state index contributed by atoms with van der Waals surface area (Å²) in [6.07, 6.45) is 0.159. The summed E-state index contributed by atoms with van der Waals surface area (Å²) in [4.78, 5) is 17.9. The van der Waals surface area contributed by atoms with E-state index < -0.39 is 45.0 Å². The number of aromatic nitrogens is 3. The molecule has 0 bridgehead atoms. The minimum atomic E-state index is -3.66. The van der Waals surface area contributed by atoms with Crippen LogP contribution in [0.5, 0.6) is 0 Å². The highest BCUT2D eigenvalue weighted by molar-refractivity contribution is 7.92. The standard InChI is InChI=1S/C33H37F2N5O5S/c1-19-9-11-25(29-27(19)30(38-40(29)7)39-46(8,43)44)24-12-10-23(13-14-33(5,6)42)36-28(24)26(37-31(41)45-32(2,3)4)17-20-15-21(34)18-22(35)16-20/h9-12,15-16,18,26,42H,17H2,1-8H3,(H,37,41)(H,38,39)/t26-/m0/s1. The molecule has 1 amide bonds. The third-order valence-electron chi connectivity index (χ3n) is 6.57. The molecule has 10 nitrogen and oxygen atoms in total. The molecule has 0 spiro atoms. The number of carbonyl (C=O) groups excluding carboxylic acids is 1. The van der Waals surface area contributed by atoms with E-state index in [0.29, 0.717) is 22.0 Å². The van der Waals surface area contributed by atoms with Crippen molar-refractivity contribution in [3.8, 4) is 23.0 Å². The molecular weight excluding hydrogens is 616 g/mol. The number of nitrogens with one attached hydrogen (secondary N) is 2. The first-order chi connectivity index (χ1) is 21.2. The number of hydrogen-bond donors (Lipinski definition) is 3. The summed E-state index contributed by atoms with van der Waals surface area (Å²) in [6.45, 7) is 9.97. The molecule has 2 aromatic heterocycles. The number of anilines is 1. The quantitative estimate of drug-likeness (QED) is 0.224. The number of nitrogens with zero attached hydrogens (tertiary/aromatic N) is 3. The molecule has 13 heteroatoms. The molecule has 2 aromatic carbocycles. The van der Waals surface area contributed by atoms with E-state index in [-0.39, 0.29) is 29.2 Å². The molecule has 0 saturated carbocycles. The second kappa shape index (κ2) is 12.7. The van der Waals surface area contributed by atoms with Crippen molar-refractivity contribution in [2.75, 3.05) is 11.0 Å². The maximum Gasteiger partial charge on any atom is 0.408 e. The van der Waals surface area contributed by atoms with Crippen LogP contribution in [0, 0.1) is 30.4 Å². The highest BCUT2D eigenvalue weighted by atomic mass is 32.2. The molecule has 3 N–H and O–H groups in total. The lowest BCUT2D eigenvalue weighted by molar-refractivity contribution is 0.0502. The molecule has 0 aliphatic carbocycles. The molecule has 1 atom stereocenters. The van der Waals surface area contributed by atoms with Gasteiger partial charge in [-0.3, -0.25) is 9.40 Å². The van der Waals surface area contributed by atoms with Gasteiger partial charge in [-0.15, -0.1) is 0 Å². The Labute approximate surface area is 267 Å². The van der Waals surface area contributed by atoms with Crippen LogP contribution in [0.4, 0.5) is 19.4 Å². The number of amides is 1. The van der Waals surface area contributed by atoms with Gasteiger partial charge >= 0.3 is 6.09 Å². The average Bonchev–Trinajstić information content (AvgIpc) is 3.20.